The van der Waals surface area contributed by atoms with Crippen molar-refractivity contribution in [2.45, 2.75) is 36.6 Å². The lowest BCUT2D eigenvalue weighted by Crippen LogP contribution is -2.63. The zero-order valence-corrected chi connectivity index (χ0v) is 18.2. The highest BCUT2D eigenvalue weighted by molar-refractivity contribution is 6.31. The molecule has 3 aromatic rings. The Morgan fingerprint density at radius 1 is 0.939 bits per heavy atom. The maximum atomic E-state index is 11.0. The molecule has 0 saturated carbocycles. The third-order valence-corrected chi connectivity index (χ3v) is 6.00. The summed E-state index contributed by atoms with van der Waals surface area (Å²) in [6.45, 7) is -0.651. The molecule has 33 heavy (non-hydrogen) atoms. The molecule has 1 aliphatic rings. The van der Waals surface area contributed by atoms with E-state index in [-0.39, 0.29) is 5.56 Å². The van der Waals surface area contributed by atoms with Crippen molar-refractivity contribution < 1.29 is 35.0 Å². The van der Waals surface area contributed by atoms with Gasteiger partial charge in [0, 0.05) is 23.0 Å². The summed E-state index contributed by atoms with van der Waals surface area (Å²) in [5.74, 6) is -1.02. The Kier molecular flexibility index (Phi) is 6.96. The van der Waals surface area contributed by atoms with E-state index < -0.39 is 36.8 Å². The van der Waals surface area contributed by atoms with Crippen LogP contribution in [0.25, 0.3) is 0 Å². The minimum atomic E-state index is -2.34. The quantitative estimate of drug-likeness (QED) is 0.365. The van der Waals surface area contributed by atoms with Crippen LogP contribution in [0.2, 0.25) is 5.02 Å². The molecule has 9 heteroatoms. The molecule has 174 valence electrons. The first-order valence-electron chi connectivity index (χ1n) is 10.3. The topological polar surface area (TPSA) is 132 Å². The second kappa shape index (κ2) is 9.74. The first kappa shape index (κ1) is 23.6. The number of hydrogen-bond donors (Lipinski definition) is 5. The van der Waals surface area contributed by atoms with E-state index in [9.17, 15) is 25.5 Å². The largest absolute Gasteiger partial charge is 0.457 e. The second-order valence-corrected chi connectivity index (χ2v) is 8.28. The van der Waals surface area contributed by atoms with Crippen LogP contribution in [-0.4, -0.2) is 61.5 Å². The van der Waals surface area contributed by atoms with Crippen molar-refractivity contribution in [3.05, 3.63) is 88.7 Å². The molecule has 5 atom stereocenters. The maximum Gasteiger partial charge on any atom is 0.222 e. The van der Waals surface area contributed by atoms with Crippen molar-refractivity contribution in [1.29, 1.82) is 0 Å². The van der Waals surface area contributed by atoms with E-state index in [1.165, 1.54) is 6.07 Å². The molecule has 2 aromatic carbocycles. The SMILES string of the molecule is OC[C@H]1O[C@@](O)(c2ccc(Cl)c(Cc3ccc(Oc4ccncc4)cc3)c2)[C@H](O)[C@@H](O)[C@@H]1O. The molecular weight excluding hydrogens is 450 g/mol. The van der Waals surface area contributed by atoms with Gasteiger partial charge in [-0.05, 0) is 53.9 Å². The highest BCUT2D eigenvalue weighted by Crippen LogP contribution is 2.38. The summed E-state index contributed by atoms with van der Waals surface area (Å²) < 4.78 is 11.2. The lowest BCUT2D eigenvalue weighted by atomic mass is 9.87. The minimum Gasteiger partial charge on any atom is -0.457 e. The van der Waals surface area contributed by atoms with E-state index in [2.05, 4.69) is 4.98 Å². The van der Waals surface area contributed by atoms with Gasteiger partial charge in [0.25, 0.3) is 0 Å². The van der Waals surface area contributed by atoms with Gasteiger partial charge in [0.05, 0.1) is 6.61 Å². The Morgan fingerprint density at radius 2 is 1.61 bits per heavy atom. The predicted molar refractivity (Wildman–Crippen MR) is 119 cm³/mol. The Labute approximate surface area is 195 Å². The molecule has 1 aliphatic heterocycles. The van der Waals surface area contributed by atoms with Gasteiger partial charge in [-0.1, -0.05) is 29.8 Å². The standard InChI is InChI=1S/C24H24ClNO7/c25-19-6-3-16(24(31)23(30)22(29)21(28)20(13-27)33-24)12-15(19)11-14-1-4-17(5-2-14)32-18-7-9-26-10-8-18/h1-10,12,20-23,27-31H,11,13H2/t20-,21-,22+,23-,24+/m1/s1. The first-order valence-corrected chi connectivity index (χ1v) is 10.7. The number of ether oxygens (including phenoxy) is 2. The van der Waals surface area contributed by atoms with Crippen LogP contribution in [0.4, 0.5) is 0 Å². The van der Waals surface area contributed by atoms with Crippen molar-refractivity contribution >= 4 is 11.6 Å². The van der Waals surface area contributed by atoms with Crippen LogP contribution in [0.3, 0.4) is 0 Å². The van der Waals surface area contributed by atoms with Gasteiger partial charge in [0.2, 0.25) is 5.79 Å². The molecular formula is C24H24ClNO7. The molecule has 0 amide bonds. The molecule has 1 fully saturated rings. The number of aliphatic hydroxyl groups excluding tert-OH is 4. The van der Waals surface area contributed by atoms with Gasteiger partial charge in [0.15, 0.2) is 0 Å². The zero-order chi connectivity index (χ0) is 23.6. The van der Waals surface area contributed by atoms with Gasteiger partial charge >= 0.3 is 0 Å². The molecule has 2 heterocycles. The summed E-state index contributed by atoms with van der Waals surface area (Å²) >= 11 is 6.37. The van der Waals surface area contributed by atoms with Crippen LogP contribution in [0.5, 0.6) is 11.5 Å². The van der Waals surface area contributed by atoms with E-state index >= 15 is 0 Å². The van der Waals surface area contributed by atoms with Crippen molar-refractivity contribution in [3.63, 3.8) is 0 Å². The maximum absolute atomic E-state index is 11.0. The first-order chi connectivity index (χ1) is 15.8. The van der Waals surface area contributed by atoms with Gasteiger partial charge in [0.1, 0.15) is 35.9 Å². The van der Waals surface area contributed by atoms with Gasteiger partial charge in [-0.25, -0.2) is 0 Å². The predicted octanol–water partition coefficient (Wildman–Crippen LogP) is 1.74. The number of aliphatic hydroxyl groups is 5. The van der Waals surface area contributed by atoms with Crippen LogP contribution >= 0.6 is 11.6 Å². The summed E-state index contributed by atoms with van der Waals surface area (Å²) in [6.07, 6.45) is -2.69. The van der Waals surface area contributed by atoms with E-state index in [1.54, 1.807) is 36.7 Å². The Balaban J connectivity index is 1.55. The number of nitrogens with zero attached hydrogens (tertiary/aromatic N) is 1. The molecule has 0 bridgehead atoms. The lowest BCUT2D eigenvalue weighted by molar-refractivity contribution is -0.357. The van der Waals surface area contributed by atoms with Gasteiger partial charge in [-0.15, -0.1) is 0 Å². The second-order valence-electron chi connectivity index (χ2n) is 7.87. The number of aromatic nitrogens is 1. The number of hydrogen-bond acceptors (Lipinski definition) is 8. The monoisotopic (exact) mass is 473 g/mol. The Morgan fingerprint density at radius 3 is 2.27 bits per heavy atom. The highest BCUT2D eigenvalue weighted by Gasteiger charge is 2.53. The van der Waals surface area contributed by atoms with Gasteiger partial charge < -0.3 is 35.0 Å². The summed E-state index contributed by atoms with van der Waals surface area (Å²) in [5.41, 5.74) is 1.69. The molecule has 1 saturated heterocycles. The summed E-state index contributed by atoms with van der Waals surface area (Å²) in [5, 5.41) is 51.4. The number of halogens is 1. The van der Waals surface area contributed by atoms with E-state index in [1.807, 2.05) is 24.3 Å². The Bertz CT molecular complexity index is 1080. The Hall–Kier alpha value is -2.56. The molecule has 0 spiro atoms. The van der Waals surface area contributed by atoms with Gasteiger partial charge in [-0.2, -0.15) is 0 Å². The lowest BCUT2D eigenvalue weighted by Gasteiger charge is -2.45. The average molecular weight is 474 g/mol. The number of pyridine rings is 1. The van der Waals surface area contributed by atoms with Crippen LogP contribution in [0.15, 0.2) is 67.0 Å². The molecule has 0 radical (unpaired) electrons. The van der Waals surface area contributed by atoms with Crippen molar-refractivity contribution in [3.8, 4) is 11.5 Å². The summed E-state index contributed by atoms with van der Waals surface area (Å²) in [4.78, 5) is 3.95. The fourth-order valence-corrected chi connectivity index (χ4v) is 3.95. The highest BCUT2D eigenvalue weighted by atomic mass is 35.5. The fraction of sp³-hybridized carbons (Fsp3) is 0.292. The van der Waals surface area contributed by atoms with E-state index in [4.69, 9.17) is 21.1 Å². The van der Waals surface area contributed by atoms with Crippen molar-refractivity contribution in [1.82, 2.24) is 4.98 Å². The van der Waals surface area contributed by atoms with Crippen LogP contribution < -0.4 is 4.74 Å². The van der Waals surface area contributed by atoms with Crippen LogP contribution in [-0.2, 0) is 16.9 Å². The zero-order valence-electron chi connectivity index (χ0n) is 17.5. The van der Waals surface area contributed by atoms with E-state index in [0.29, 0.717) is 28.5 Å². The molecule has 8 nitrogen and oxygen atoms in total. The molecule has 5 N–H and O–H groups in total. The summed E-state index contributed by atoms with van der Waals surface area (Å²) in [7, 11) is 0. The molecule has 1 aromatic heterocycles. The number of benzene rings is 2. The third kappa shape index (κ3) is 4.87. The smallest absolute Gasteiger partial charge is 0.222 e. The van der Waals surface area contributed by atoms with Crippen molar-refractivity contribution in [2.24, 2.45) is 0 Å². The average Bonchev–Trinajstić information content (AvgIpc) is 2.83. The van der Waals surface area contributed by atoms with Crippen LogP contribution in [0, 0.1) is 0 Å². The number of rotatable bonds is 6. The normalized spacial score (nSPS) is 27.3. The van der Waals surface area contributed by atoms with Crippen LogP contribution in [0.1, 0.15) is 16.7 Å². The van der Waals surface area contributed by atoms with Crippen molar-refractivity contribution in [2.75, 3.05) is 6.61 Å². The fourth-order valence-electron chi connectivity index (χ4n) is 3.76. The summed E-state index contributed by atoms with van der Waals surface area (Å²) in [6, 6.07) is 15.5. The third-order valence-electron chi connectivity index (χ3n) is 5.63. The molecule has 0 unspecified atom stereocenters. The molecule has 0 aliphatic carbocycles. The van der Waals surface area contributed by atoms with Gasteiger partial charge in [-0.3, -0.25) is 4.98 Å². The minimum absolute atomic E-state index is 0.136. The van der Waals surface area contributed by atoms with E-state index in [0.717, 1.165) is 5.56 Å². The molecule has 4 rings (SSSR count).